The average Bonchev–Trinajstić information content (AvgIpc) is 3.26. The predicted molar refractivity (Wildman–Crippen MR) is 133 cm³/mol. The van der Waals surface area contributed by atoms with Crippen LogP contribution in [0.2, 0.25) is 0 Å². The van der Waals surface area contributed by atoms with Gasteiger partial charge in [-0.25, -0.2) is 4.98 Å². The number of rotatable bonds is 5. The minimum atomic E-state index is -1.15. The number of pyridine rings is 1. The fourth-order valence-corrected chi connectivity index (χ4v) is 4.93. The van der Waals surface area contributed by atoms with E-state index < -0.39 is 11.6 Å². The molecule has 9 heteroatoms. The molecule has 0 amide bonds. The number of carboxylic acid groups (broad SMARTS) is 1. The van der Waals surface area contributed by atoms with Crippen molar-refractivity contribution in [3.05, 3.63) is 60.6 Å². The van der Waals surface area contributed by atoms with Crippen LogP contribution in [-0.4, -0.2) is 49.2 Å². The number of nitrogen functional groups attached to an aromatic ring is 1. The minimum absolute atomic E-state index is 0.0997. The van der Waals surface area contributed by atoms with Crippen molar-refractivity contribution in [1.29, 1.82) is 0 Å². The summed E-state index contributed by atoms with van der Waals surface area (Å²) in [6.45, 7) is 0. The lowest BCUT2D eigenvalue weighted by atomic mass is 9.73. The first kappa shape index (κ1) is 22.1. The molecule has 0 aliphatic heterocycles. The molecule has 0 bridgehead atoms. The molecule has 1 fully saturated rings. The molecule has 0 spiro atoms. The van der Waals surface area contributed by atoms with Gasteiger partial charge in [-0.05, 0) is 37.2 Å². The van der Waals surface area contributed by atoms with E-state index in [4.69, 9.17) is 15.8 Å². The lowest BCUT2D eigenvalue weighted by molar-refractivity contribution is -0.144. The summed E-state index contributed by atoms with van der Waals surface area (Å²) >= 11 is 0. The summed E-state index contributed by atoms with van der Waals surface area (Å²) in [7, 11) is 1.94. The average molecular weight is 455 g/mol. The molecular weight excluding hydrogens is 429 g/mol. The number of benzene rings is 1. The van der Waals surface area contributed by atoms with E-state index in [0.717, 1.165) is 33.5 Å². The van der Waals surface area contributed by atoms with E-state index in [9.17, 15) is 9.90 Å². The molecule has 1 aromatic carbocycles. The van der Waals surface area contributed by atoms with Gasteiger partial charge in [-0.15, -0.1) is 0 Å². The second-order valence-corrected chi connectivity index (χ2v) is 9.17. The minimum Gasteiger partial charge on any atom is -0.481 e. The molecule has 34 heavy (non-hydrogen) atoms. The van der Waals surface area contributed by atoms with E-state index in [1.165, 1.54) is 0 Å². The summed E-state index contributed by atoms with van der Waals surface area (Å²) in [6, 6.07) is 14.0. The lowest BCUT2D eigenvalue weighted by Crippen LogP contribution is -2.37. The number of hydrogen-bond acceptors (Lipinski definition) is 6. The van der Waals surface area contributed by atoms with Crippen molar-refractivity contribution in [2.24, 2.45) is 0 Å². The summed E-state index contributed by atoms with van der Waals surface area (Å²) in [5, 5.41) is 24.2. The van der Waals surface area contributed by atoms with E-state index in [1.54, 1.807) is 10.7 Å². The summed E-state index contributed by atoms with van der Waals surface area (Å²) in [5.74, 6) is -0.342. The maximum atomic E-state index is 11.1. The van der Waals surface area contributed by atoms with Gasteiger partial charge in [0.25, 0.3) is 0 Å². The van der Waals surface area contributed by atoms with Crippen LogP contribution in [0.15, 0.2) is 54.9 Å². The molecule has 172 valence electrons. The Hall–Kier alpha value is -3.72. The Balaban J connectivity index is 1.47. The van der Waals surface area contributed by atoms with Crippen LogP contribution in [0.4, 0.5) is 5.82 Å². The zero-order valence-corrected chi connectivity index (χ0v) is 19.0. The van der Waals surface area contributed by atoms with Gasteiger partial charge in [0.2, 0.25) is 0 Å². The first-order chi connectivity index (χ1) is 16.3. The van der Waals surface area contributed by atoms with Crippen LogP contribution < -0.4 is 11.2 Å². The number of aliphatic carboxylic acids is 1. The Kier molecular flexibility index (Phi) is 5.57. The zero-order chi connectivity index (χ0) is 23.9. The third-order valence-corrected chi connectivity index (χ3v) is 6.89. The Morgan fingerprint density at radius 3 is 2.50 bits per heavy atom. The monoisotopic (exact) mass is 455 g/mol. The molecule has 0 saturated heterocycles. The molecule has 0 unspecified atom stereocenters. The second kappa shape index (κ2) is 8.57. The topological polar surface area (TPSA) is 127 Å². The van der Waals surface area contributed by atoms with E-state index in [-0.39, 0.29) is 12.3 Å². The van der Waals surface area contributed by atoms with E-state index >= 15 is 0 Å². The third kappa shape index (κ3) is 4.03. The smallest absolute Gasteiger partial charge is 0.306 e. The highest BCUT2D eigenvalue weighted by atomic mass is 16.4. The van der Waals surface area contributed by atoms with Gasteiger partial charge in [-0.1, -0.05) is 36.4 Å². The number of hydrogen-bond donors (Lipinski definition) is 3. The van der Waals surface area contributed by atoms with Crippen molar-refractivity contribution in [3.63, 3.8) is 0 Å². The van der Waals surface area contributed by atoms with Crippen LogP contribution in [0.5, 0.6) is 0 Å². The molecule has 8 nitrogen and oxygen atoms in total. The Bertz CT molecular complexity index is 1350. The van der Waals surface area contributed by atoms with Crippen LogP contribution in [0.25, 0.3) is 28.0 Å². The first-order valence-electron chi connectivity index (χ1n) is 11.4. The van der Waals surface area contributed by atoms with Crippen LogP contribution in [0, 0.1) is 0 Å². The number of aliphatic hydroxyl groups is 1. The van der Waals surface area contributed by atoms with Crippen molar-refractivity contribution in [3.8, 4) is 22.4 Å². The molecule has 3 heterocycles. The van der Waals surface area contributed by atoms with Crippen molar-refractivity contribution in [1.82, 2.24) is 19.6 Å². The van der Waals surface area contributed by atoms with E-state index in [0.29, 0.717) is 37.1 Å². The molecule has 3 aromatic heterocycles. The van der Waals surface area contributed by atoms with Gasteiger partial charge in [0.05, 0.1) is 23.9 Å². The second-order valence-electron chi connectivity index (χ2n) is 9.17. The highest BCUT2D eigenvalue weighted by Crippen LogP contribution is 2.39. The number of fused-ring (bicyclic) bond motifs is 1. The number of aromatic nitrogens is 4. The van der Waals surface area contributed by atoms with E-state index in [1.807, 2.05) is 56.5 Å². The van der Waals surface area contributed by atoms with Gasteiger partial charge in [-0.2, -0.15) is 9.61 Å². The Labute approximate surface area is 197 Å². The highest BCUT2D eigenvalue weighted by Gasteiger charge is 2.36. The lowest BCUT2D eigenvalue weighted by Gasteiger charge is -2.35. The van der Waals surface area contributed by atoms with E-state index in [2.05, 4.69) is 10.1 Å². The number of carbonyl (C=O) groups is 1. The number of anilines is 1. The largest absolute Gasteiger partial charge is 0.481 e. The number of carboxylic acids is 1. The Morgan fingerprint density at radius 2 is 1.85 bits per heavy atom. The standard InChI is InChI=1S/C25H26BN5O3/c26-21-22(16-8-10-25(34,11-9-16)12-20(32)33)30-24-18(14-29-31(24)23(21)27)17-6-7-19(28-13-17)15-4-2-1-3-5-15/h1-7,13-14,16,34H,8-12,26-27H2,(H,32,33)/t16-,25-. The summed E-state index contributed by atoms with van der Waals surface area (Å²) in [5.41, 5.74) is 11.4. The third-order valence-electron chi connectivity index (χ3n) is 6.89. The molecule has 0 atom stereocenters. The van der Waals surface area contributed by atoms with Crippen LogP contribution >= 0.6 is 0 Å². The van der Waals surface area contributed by atoms with Crippen LogP contribution in [-0.2, 0) is 4.79 Å². The quantitative estimate of drug-likeness (QED) is 0.394. The molecule has 5 rings (SSSR count). The van der Waals surface area contributed by atoms with Gasteiger partial charge < -0.3 is 15.9 Å². The van der Waals surface area contributed by atoms with Gasteiger partial charge in [0, 0.05) is 34.5 Å². The fraction of sp³-hybridized carbons (Fsp3) is 0.280. The molecule has 4 N–H and O–H groups in total. The summed E-state index contributed by atoms with van der Waals surface area (Å²) in [4.78, 5) is 20.7. The number of nitrogens with two attached hydrogens (primary N) is 1. The summed E-state index contributed by atoms with van der Waals surface area (Å²) < 4.78 is 1.66. The molecule has 1 aliphatic carbocycles. The SMILES string of the molecule is Bc1c(N)n2ncc(-c3ccc(-c4ccccc4)nc3)c2nc1[C@H]1CC[C@@](O)(CC(=O)O)CC1. The normalized spacial score (nSPS) is 20.4. The van der Waals surface area contributed by atoms with Crippen molar-refractivity contribution < 1.29 is 15.0 Å². The number of nitrogens with zero attached hydrogens (tertiary/aromatic N) is 4. The maximum Gasteiger partial charge on any atom is 0.306 e. The van der Waals surface area contributed by atoms with Crippen LogP contribution in [0.3, 0.4) is 0 Å². The van der Waals surface area contributed by atoms with Crippen molar-refractivity contribution in [2.75, 3.05) is 5.73 Å². The summed E-state index contributed by atoms with van der Waals surface area (Å²) in [6.07, 6.45) is 5.51. The van der Waals surface area contributed by atoms with Crippen molar-refractivity contribution in [2.45, 2.75) is 43.6 Å². The van der Waals surface area contributed by atoms with Crippen molar-refractivity contribution >= 4 is 30.7 Å². The van der Waals surface area contributed by atoms with Gasteiger partial charge in [0.15, 0.2) is 5.65 Å². The Morgan fingerprint density at radius 1 is 1.12 bits per heavy atom. The molecular formula is C25H26BN5O3. The molecule has 1 aliphatic rings. The molecule has 1 saturated carbocycles. The highest BCUT2D eigenvalue weighted by molar-refractivity contribution is 6.36. The first-order valence-corrected chi connectivity index (χ1v) is 11.4. The molecule has 0 radical (unpaired) electrons. The molecule has 4 aromatic rings. The fourth-order valence-electron chi connectivity index (χ4n) is 4.93. The van der Waals surface area contributed by atoms with Crippen LogP contribution in [0.1, 0.15) is 43.7 Å². The zero-order valence-electron chi connectivity index (χ0n) is 19.0. The van der Waals surface area contributed by atoms with Gasteiger partial charge >= 0.3 is 5.97 Å². The predicted octanol–water partition coefficient (Wildman–Crippen LogP) is 2.16. The maximum absolute atomic E-state index is 11.1. The van der Waals surface area contributed by atoms with Gasteiger partial charge in [-0.3, -0.25) is 9.78 Å². The van der Waals surface area contributed by atoms with Gasteiger partial charge in [0.1, 0.15) is 13.7 Å².